The third-order valence-corrected chi connectivity index (χ3v) is 4.37. The summed E-state index contributed by atoms with van der Waals surface area (Å²) in [4.78, 5) is 32.2. The first kappa shape index (κ1) is 15.2. The molecular formula is C13H15BrN2O3S. The third kappa shape index (κ3) is 2.93. The number of carbonyl (C=O) groups is 1. The summed E-state index contributed by atoms with van der Waals surface area (Å²) in [6.07, 6.45) is 1.40. The monoisotopic (exact) mass is 358 g/mol. The van der Waals surface area contributed by atoms with E-state index in [-0.39, 0.29) is 11.5 Å². The fraction of sp³-hybridized carbons (Fsp3) is 0.462. The van der Waals surface area contributed by atoms with Gasteiger partial charge in [-0.2, -0.15) is 0 Å². The molecule has 2 rings (SSSR count). The second-order valence-electron chi connectivity index (χ2n) is 4.32. The fourth-order valence-electron chi connectivity index (χ4n) is 1.85. The van der Waals surface area contributed by atoms with E-state index in [4.69, 9.17) is 4.74 Å². The number of hydrogen-bond donors (Lipinski definition) is 1. The first-order chi connectivity index (χ1) is 9.58. The lowest BCUT2D eigenvalue weighted by atomic mass is 10.2. The predicted molar refractivity (Wildman–Crippen MR) is 83.0 cm³/mol. The molecular weight excluding hydrogens is 344 g/mol. The number of thiophene rings is 1. The van der Waals surface area contributed by atoms with Crippen LogP contribution >= 0.6 is 27.3 Å². The number of fused-ring (bicyclic) bond motifs is 1. The molecule has 2 aromatic heterocycles. The second-order valence-corrected chi connectivity index (χ2v) is 6.12. The Balaban J connectivity index is 2.49. The maximum Gasteiger partial charge on any atom is 0.348 e. The van der Waals surface area contributed by atoms with Crippen molar-refractivity contribution in [3.05, 3.63) is 26.6 Å². The average molecular weight is 359 g/mol. The van der Waals surface area contributed by atoms with Crippen molar-refractivity contribution in [2.45, 2.75) is 26.7 Å². The molecule has 0 aromatic carbocycles. The largest absolute Gasteiger partial charge is 0.462 e. The van der Waals surface area contributed by atoms with Crippen LogP contribution in [-0.2, 0) is 11.2 Å². The number of H-pyrrole nitrogens is 1. The molecule has 108 valence electrons. The quantitative estimate of drug-likeness (QED) is 0.658. The summed E-state index contributed by atoms with van der Waals surface area (Å²) in [5, 5.41) is 1.20. The molecule has 0 amide bonds. The topological polar surface area (TPSA) is 72.0 Å². The zero-order valence-electron chi connectivity index (χ0n) is 11.3. The Kier molecular flexibility index (Phi) is 4.93. The Morgan fingerprint density at radius 3 is 2.90 bits per heavy atom. The molecule has 2 aromatic rings. The van der Waals surface area contributed by atoms with Crippen molar-refractivity contribution in [2.24, 2.45) is 0 Å². The molecule has 0 atom stereocenters. The zero-order valence-corrected chi connectivity index (χ0v) is 13.7. The van der Waals surface area contributed by atoms with Crippen molar-refractivity contribution in [1.82, 2.24) is 9.97 Å². The van der Waals surface area contributed by atoms with Gasteiger partial charge in [0.25, 0.3) is 5.56 Å². The number of nitrogens with one attached hydrogen (secondary N) is 1. The normalized spacial score (nSPS) is 10.9. The average Bonchev–Trinajstić information content (AvgIpc) is 2.74. The molecule has 0 aliphatic carbocycles. The van der Waals surface area contributed by atoms with Crippen LogP contribution in [0.3, 0.4) is 0 Å². The lowest BCUT2D eigenvalue weighted by Crippen LogP contribution is -2.12. The number of aromatic amines is 1. The highest BCUT2D eigenvalue weighted by atomic mass is 79.9. The van der Waals surface area contributed by atoms with Crippen molar-refractivity contribution in [3.63, 3.8) is 0 Å². The van der Waals surface area contributed by atoms with Gasteiger partial charge in [0, 0.05) is 11.8 Å². The van der Waals surface area contributed by atoms with Crippen LogP contribution in [-0.4, -0.2) is 27.9 Å². The maximum absolute atomic E-state index is 12.1. The van der Waals surface area contributed by atoms with Crippen LogP contribution in [0, 0.1) is 6.92 Å². The molecule has 20 heavy (non-hydrogen) atoms. The van der Waals surface area contributed by atoms with Gasteiger partial charge >= 0.3 is 5.97 Å². The van der Waals surface area contributed by atoms with E-state index in [0.29, 0.717) is 39.5 Å². The van der Waals surface area contributed by atoms with Gasteiger partial charge in [0.1, 0.15) is 15.5 Å². The number of rotatable bonds is 5. The smallest absolute Gasteiger partial charge is 0.348 e. The number of ether oxygens (including phenoxy) is 1. The number of alkyl halides is 1. The van der Waals surface area contributed by atoms with Crippen molar-refractivity contribution in [2.75, 3.05) is 11.9 Å². The van der Waals surface area contributed by atoms with E-state index in [1.165, 1.54) is 11.3 Å². The summed E-state index contributed by atoms with van der Waals surface area (Å²) in [6.45, 7) is 4.07. The molecule has 7 heteroatoms. The SMILES string of the molecule is CCCOC(=O)c1sc2nc(CCBr)[nH]c(=O)c2c1C. The highest BCUT2D eigenvalue weighted by Crippen LogP contribution is 2.27. The number of carbonyl (C=O) groups excluding carboxylic acids is 1. The van der Waals surface area contributed by atoms with E-state index < -0.39 is 0 Å². The number of aryl methyl sites for hydroxylation is 2. The molecule has 5 nitrogen and oxygen atoms in total. The zero-order chi connectivity index (χ0) is 14.7. The standard InChI is InChI=1S/C13H15BrN2O3S/c1-3-6-19-13(18)10-7(2)9-11(17)15-8(4-5-14)16-12(9)20-10/h3-6H2,1-2H3,(H,15,16,17). The summed E-state index contributed by atoms with van der Waals surface area (Å²) in [5.74, 6) is 0.239. The van der Waals surface area contributed by atoms with Gasteiger partial charge in [0.05, 0.1) is 12.0 Å². The summed E-state index contributed by atoms with van der Waals surface area (Å²) in [7, 11) is 0. The molecule has 0 unspecified atom stereocenters. The number of esters is 1. The minimum absolute atomic E-state index is 0.200. The first-order valence-corrected chi connectivity index (χ1v) is 8.27. The second kappa shape index (κ2) is 6.49. The molecule has 2 heterocycles. The van der Waals surface area contributed by atoms with Gasteiger partial charge in [-0.1, -0.05) is 22.9 Å². The Bertz CT molecular complexity index is 693. The summed E-state index contributed by atoms with van der Waals surface area (Å²) < 4.78 is 5.13. The minimum Gasteiger partial charge on any atom is -0.462 e. The van der Waals surface area contributed by atoms with Gasteiger partial charge in [-0.15, -0.1) is 11.3 Å². The highest BCUT2D eigenvalue weighted by molar-refractivity contribution is 9.09. The molecule has 0 spiro atoms. The lowest BCUT2D eigenvalue weighted by Gasteiger charge is -2.00. The highest BCUT2D eigenvalue weighted by Gasteiger charge is 2.20. The van der Waals surface area contributed by atoms with E-state index >= 15 is 0 Å². The summed E-state index contributed by atoms with van der Waals surface area (Å²) in [6, 6.07) is 0. The van der Waals surface area contributed by atoms with Gasteiger partial charge in [-0.25, -0.2) is 9.78 Å². The van der Waals surface area contributed by atoms with Crippen LogP contribution in [0.4, 0.5) is 0 Å². The summed E-state index contributed by atoms with van der Waals surface area (Å²) in [5.41, 5.74) is 0.444. The molecule has 0 saturated heterocycles. The number of halogens is 1. The van der Waals surface area contributed by atoms with Crippen molar-refractivity contribution in [1.29, 1.82) is 0 Å². The maximum atomic E-state index is 12.1. The molecule has 0 aliphatic heterocycles. The van der Waals surface area contributed by atoms with Gasteiger partial charge in [0.2, 0.25) is 0 Å². The number of aromatic nitrogens is 2. The van der Waals surface area contributed by atoms with Crippen LogP contribution < -0.4 is 5.56 Å². The Morgan fingerprint density at radius 1 is 1.50 bits per heavy atom. The van der Waals surface area contributed by atoms with Crippen LogP contribution in [0.1, 0.15) is 34.4 Å². The van der Waals surface area contributed by atoms with Crippen LogP contribution in [0.15, 0.2) is 4.79 Å². The van der Waals surface area contributed by atoms with E-state index in [9.17, 15) is 9.59 Å². The van der Waals surface area contributed by atoms with E-state index in [0.717, 1.165) is 11.8 Å². The Hall–Kier alpha value is -1.21. The van der Waals surface area contributed by atoms with E-state index in [2.05, 4.69) is 25.9 Å². The molecule has 0 aliphatic rings. The number of nitrogens with zero attached hydrogens (tertiary/aromatic N) is 1. The van der Waals surface area contributed by atoms with Gasteiger partial charge in [-0.05, 0) is 18.9 Å². The third-order valence-electron chi connectivity index (χ3n) is 2.80. The van der Waals surface area contributed by atoms with Crippen molar-refractivity contribution in [3.8, 4) is 0 Å². The van der Waals surface area contributed by atoms with Crippen LogP contribution in [0.5, 0.6) is 0 Å². The lowest BCUT2D eigenvalue weighted by molar-refractivity contribution is 0.0510. The molecule has 0 saturated carbocycles. The molecule has 0 radical (unpaired) electrons. The van der Waals surface area contributed by atoms with Crippen molar-refractivity contribution >= 4 is 43.5 Å². The van der Waals surface area contributed by atoms with Crippen molar-refractivity contribution < 1.29 is 9.53 Å². The van der Waals surface area contributed by atoms with E-state index in [1.54, 1.807) is 6.92 Å². The van der Waals surface area contributed by atoms with Gasteiger partial charge in [0.15, 0.2) is 0 Å². The van der Waals surface area contributed by atoms with Crippen LogP contribution in [0.2, 0.25) is 0 Å². The Labute approximate surface area is 128 Å². The fourth-order valence-corrected chi connectivity index (χ4v) is 3.32. The van der Waals surface area contributed by atoms with Crippen LogP contribution in [0.25, 0.3) is 10.2 Å². The molecule has 0 bridgehead atoms. The Morgan fingerprint density at radius 2 is 2.25 bits per heavy atom. The summed E-state index contributed by atoms with van der Waals surface area (Å²) >= 11 is 4.53. The number of hydrogen-bond acceptors (Lipinski definition) is 5. The van der Waals surface area contributed by atoms with Gasteiger partial charge < -0.3 is 9.72 Å². The minimum atomic E-state index is -0.381. The first-order valence-electron chi connectivity index (χ1n) is 6.33. The predicted octanol–water partition coefficient (Wildman–Crippen LogP) is 2.80. The van der Waals surface area contributed by atoms with E-state index in [1.807, 2.05) is 6.92 Å². The molecule has 0 fully saturated rings. The van der Waals surface area contributed by atoms with Gasteiger partial charge in [-0.3, -0.25) is 4.79 Å². The molecule has 1 N–H and O–H groups in total.